The van der Waals surface area contributed by atoms with Crippen molar-refractivity contribution in [1.29, 1.82) is 0 Å². The Morgan fingerprint density at radius 3 is 1.76 bits per heavy atom. The molecule has 0 atom stereocenters. The van der Waals surface area contributed by atoms with E-state index in [0.717, 1.165) is 34.2 Å². The summed E-state index contributed by atoms with van der Waals surface area (Å²) >= 11 is 0. The quantitative estimate of drug-likeness (QED) is 0.295. The highest BCUT2D eigenvalue weighted by molar-refractivity contribution is 7.90. The lowest BCUT2D eigenvalue weighted by Gasteiger charge is -2.35. The lowest BCUT2D eigenvalue weighted by atomic mass is 9.78. The molecule has 1 aliphatic carbocycles. The van der Waals surface area contributed by atoms with Crippen LogP contribution in [0, 0.1) is 0 Å². The summed E-state index contributed by atoms with van der Waals surface area (Å²) in [6.07, 6.45) is 4.81. The van der Waals surface area contributed by atoms with Crippen molar-refractivity contribution in [1.82, 2.24) is 4.31 Å². The van der Waals surface area contributed by atoms with Crippen molar-refractivity contribution in [3.8, 4) is 22.3 Å². The number of sulfonamides is 1. The van der Waals surface area contributed by atoms with Crippen LogP contribution in [0.2, 0.25) is 0 Å². The van der Waals surface area contributed by atoms with Crippen LogP contribution in [-0.4, -0.2) is 24.0 Å². The Morgan fingerprint density at radius 2 is 1.21 bits per heavy atom. The van der Waals surface area contributed by atoms with E-state index in [2.05, 4.69) is 0 Å². The van der Waals surface area contributed by atoms with Crippen molar-refractivity contribution in [2.45, 2.75) is 17.6 Å². The first-order valence-corrected chi connectivity index (χ1v) is 13.3. The molecule has 0 unspecified atom stereocenters. The van der Waals surface area contributed by atoms with E-state index in [1.165, 1.54) is 12.2 Å². The predicted molar refractivity (Wildman–Crippen MR) is 140 cm³/mol. The Hall–Kier alpha value is -4.01. The number of hydrogen-bond acceptors (Lipinski definition) is 3. The molecule has 1 spiro atoms. The summed E-state index contributed by atoms with van der Waals surface area (Å²) in [4.78, 5) is 12.1. The van der Waals surface area contributed by atoms with Gasteiger partial charge in [0.05, 0.1) is 5.54 Å². The van der Waals surface area contributed by atoms with Gasteiger partial charge in [0.1, 0.15) is 0 Å². The fourth-order valence-electron chi connectivity index (χ4n) is 5.61. The molecule has 8 heteroatoms. The van der Waals surface area contributed by atoms with Crippen LogP contribution in [0.5, 0.6) is 0 Å². The third-order valence-electron chi connectivity index (χ3n) is 7.15. The smallest absolute Gasteiger partial charge is 0.290 e. The second kappa shape index (κ2) is 8.51. The molecule has 0 N–H and O–H groups in total. The SMILES string of the molecule is O=C1C=CC2(C=C1)c1c(c(-c3ccccc3)c(-c3ccccc3)c3ccccc13)CN2S(=O)(=O)C(F)(F)F. The molecule has 0 amide bonds. The molecule has 4 nitrogen and oxygen atoms in total. The third-order valence-corrected chi connectivity index (χ3v) is 8.74. The van der Waals surface area contributed by atoms with Crippen LogP contribution in [0.3, 0.4) is 0 Å². The van der Waals surface area contributed by atoms with Gasteiger partial charge in [-0.15, -0.1) is 0 Å². The molecule has 6 rings (SSSR count). The molecule has 38 heavy (non-hydrogen) atoms. The van der Waals surface area contributed by atoms with Gasteiger partial charge < -0.3 is 0 Å². The van der Waals surface area contributed by atoms with Crippen LogP contribution in [-0.2, 0) is 26.9 Å². The van der Waals surface area contributed by atoms with Gasteiger partial charge in [-0.3, -0.25) is 4.79 Å². The van der Waals surface area contributed by atoms with Crippen LogP contribution in [0.25, 0.3) is 33.0 Å². The first-order valence-electron chi connectivity index (χ1n) is 11.9. The molecule has 0 aromatic heterocycles. The maximum Gasteiger partial charge on any atom is 0.511 e. The number of fused-ring (bicyclic) bond motifs is 4. The van der Waals surface area contributed by atoms with Gasteiger partial charge in [-0.05, 0) is 56.3 Å². The van der Waals surface area contributed by atoms with Gasteiger partial charge in [-0.25, -0.2) is 8.42 Å². The molecule has 0 fully saturated rings. The lowest BCUT2D eigenvalue weighted by Crippen LogP contribution is -2.48. The maximum absolute atomic E-state index is 14.1. The molecule has 1 heterocycles. The zero-order valence-electron chi connectivity index (χ0n) is 19.8. The Labute approximate surface area is 217 Å². The van der Waals surface area contributed by atoms with Crippen LogP contribution in [0.1, 0.15) is 11.1 Å². The molecule has 0 saturated carbocycles. The van der Waals surface area contributed by atoms with E-state index < -0.39 is 33.4 Å². The number of nitrogens with zero attached hydrogens (tertiary/aromatic N) is 1. The zero-order valence-corrected chi connectivity index (χ0v) is 20.6. The van der Waals surface area contributed by atoms with Gasteiger partial charge in [-0.1, -0.05) is 97.1 Å². The minimum Gasteiger partial charge on any atom is -0.290 e. The molecule has 4 aromatic rings. The highest BCUT2D eigenvalue weighted by Gasteiger charge is 2.59. The summed E-state index contributed by atoms with van der Waals surface area (Å²) in [5, 5.41) is 1.38. The average molecular weight is 532 g/mol. The van der Waals surface area contributed by atoms with E-state index in [4.69, 9.17) is 0 Å². The predicted octanol–water partition coefficient (Wildman–Crippen LogP) is 6.73. The number of ketones is 1. The highest BCUT2D eigenvalue weighted by Crippen LogP contribution is 2.55. The van der Waals surface area contributed by atoms with Crippen LogP contribution >= 0.6 is 0 Å². The first kappa shape index (κ1) is 24.3. The van der Waals surface area contributed by atoms with E-state index in [9.17, 15) is 26.4 Å². The van der Waals surface area contributed by atoms with Gasteiger partial charge in [0.2, 0.25) is 0 Å². The second-order valence-electron chi connectivity index (χ2n) is 9.23. The third kappa shape index (κ3) is 3.48. The van der Waals surface area contributed by atoms with Gasteiger partial charge in [-0.2, -0.15) is 17.5 Å². The van der Waals surface area contributed by atoms with Gasteiger partial charge in [0.15, 0.2) is 5.78 Å². The largest absolute Gasteiger partial charge is 0.511 e. The molecule has 0 saturated heterocycles. The van der Waals surface area contributed by atoms with E-state index >= 15 is 0 Å². The van der Waals surface area contributed by atoms with Crippen molar-refractivity contribution >= 4 is 26.6 Å². The fraction of sp³-hybridized carbons (Fsp3) is 0.100. The standard InChI is InChI=1S/C30H20F3NO3S/c31-30(32,33)38(36,37)34-19-25-27(21-11-5-2-6-12-21)26(20-9-3-1-4-10-20)23-13-7-8-14-24(23)28(25)29(34)17-15-22(35)16-18-29/h1-18H,19H2. The Bertz CT molecular complexity index is 1740. The maximum atomic E-state index is 14.1. The Morgan fingerprint density at radius 1 is 0.711 bits per heavy atom. The number of carbonyl (C=O) groups excluding carboxylic acids is 1. The summed E-state index contributed by atoms with van der Waals surface area (Å²) in [7, 11) is -5.79. The number of benzene rings is 4. The van der Waals surface area contributed by atoms with Crippen LogP contribution < -0.4 is 0 Å². The second-order valence-corrected chi connectivity index (χ2v) is 11.1. The molecule has 1 aliphatic heterocycles. The molecule has 0 bridgehead atoms. The van der Waals surface area contributed by atoms with E-state index in [-0.39, 0.29) is 0 Å². The number of carbonyl (C=O) groups is 1. The number of rotatable bonds is 3. The average Bonchev–Trinajstić information content (AvgIpc) is 3.25. The lowest BCUT2D eigenvalue weighted by molar-refractivity contribution is -0.110. The van der Waals surface area contributed by atoms with Crippen LogP contribution in [0.4, 0.5) is 13.2 Å². The number of halogens is 3. The summed E-state index contributed by atoms with van der Waals surface area (Å²) < 4.78 is 68.8. The Balaban J connectivity index is 1.82. The van der Waals surface area contributed by atoms with Crippen LogP contribution in [0.15, 0.2) is 109 Å². The summed E-state index contributed by atoms with van der Waals surface area (Å²) in [6.45, 7) is -0.519. The van der Waals surface area contributed by atoms with Crippen molar-refractivity contribution in [2.75, 3.05) is 0 Å². The van der Waals surface area contributed by atoms with E-state index in [1.807, 2.05) is 72.8 Å². The zero-order chi connectivity index (χ0) is 26.7. The monoisotopic (exact) mass is 531 g/mol. The molecule has 0 radical (unpaired) electrons. The normalized spacial score (nSPS) is 16.9. The number of hydrogen-bond donors (Lipinski definition) is 0. The number of allylic oxidation sites excluding steroid dienone is 2. The molecule has 190 valence electrons. The highest BCUT2D eigenvalue weighted by atomic mass is 32.2. The summed E-state index contributed by atoms with van der Waals surface area (Å²) in [5.41, 5.74) is -3.43. The summed E-state index contributed by atoms with van der Waals surface area (Å²) in [6, 6.07) is 26.0. The molecule has 2 aliphatic rings. The van der Waals surface area contributed by atoms with Gasteiger partial charge >= 0.3 is 15.5 Å². The van der Waals surface area contributed by atoms with E-state index in [0.29, 0.717) is 26.4 Å². The molecular weight excluding hydrogens is 511 g/mol. The fourth-order valence-corrected chi connectivity index (χ4v) is 6.77. The van der Waals surface area contributed by atoms with Crippen molar-refractivity contribution in [3.63, 3.8) is 0 Å². The number of alkyl halides is 3. The topological polar surface area (TPSA) is 54.5 Å². The van der Waals surface area contributed by atoms with E-state index in [1.54, 1.807) is 12.1 Å². The van der Waals surface area contributed by atoms with Gasteiger partial charge in [0, 0.05) is 6.54 Å². The minimum atomic E-state index is -5.79. The molecular formula is C30H20F3NO3S. The first-order chi connectivity index (χ1) is 18.1. The van der Waals surface area contributed by atoms with Crippen molar-refractivity contribution in [3.05, 3.63) is 120 Å². The molecule has 4 aromatic carbocycles. The van der Waals surface area contributed by atoms with Crippen molar-refractivity contribution < 1.29 is 26.4 Å². The van der Waals surface area contributed by atoms with Gasteiger partial charge in [0.25, 0.3) is 0 Å². The minimum absolute atomic E-state index is 0.416. The summed E-state index contributed by atoms with van der Waals surface area (Å²) in [5.74, 6) is -0.429. The Kier molecular flexibility index (Phi) is 5.45. The van der Waals surface area contributed by atoms with Crippen molar-refractivity contribution in [2.24, 2.45) is 0 Å².